The first-order chi connectivity index (χ1) is 13.2. The van der Waals surface area contributed by atoms with Gasteiger partial charge in [0.05, 0.1) is 10.4 Å². The standard InChI is InChI=1S/C21H18F3NO2S/c1-13-3-8-18(14(2)9-13)27-11-15-10-19(28-12-15)20(26)25-17-6-4-16(5-7-17)21(22,23)24/h3-10,12H,11H2,1-2H3,(H,25,26). The van der Waals surface area contributed by atoms with Crippen molar-refractivity contribution in [1.82, 2.24) is 0 Å². The first-order valence-electron chi connectivity index (χ1n) is 8.48. The molecule has 0 fully saturated rings. The molecule has 0 radical (unpaired) electrons. The lowest BCUT2D eigenvalue weighted by molar-refractivity contribution is -0.137. The van der Waals surface area contributed by atoms with Crippen molar-refractivity contribution < 1.29 is 22.7 Å². The van der Waals surface area contributed by atoms with Crippen molar-refractivity contribution in [3.8, 4) is 5.75 Å². The van der Waals surface area contributed by atoms with E-state index < -0.39 is 11.7 Å². The minimum Gasteiger partial charge on any atom is -0.489 e. The Morgan fingerprint density at radius 2 is 1.79 bits per heavy atom. The zero-order valence-corrected chi connectivity index (χ0v) is 16.1. The first-order valence-corrected chi connectivity index (χ1v) is 9.36. The highest BCUT2D eigenvalue weighted by Gasteiger charge is 2.30. The molecule has 28 heavy (non-hydrogen) atoms. The van der Waals surface area contributed by atoms with Crippen LogP contribution in [0, 0.1) is 13.8 Å². The fourth-order valence-corrected chi connectivity index (χ4v) is 3.42. The van der Waals surface area contributed by atoms with Crippen LogP contribution in [0.25, 0.3) is 0 Å². The molecule has 0 unspecified atom stereocenters. The largest absolute Gasteiger partial charge is 0.489 e. The van der Waals surface area contributed by atoms with E-state index in [2.05, 4.69) is 5.32 Å². The minimum absolute atomic E-state index is 0.305. The van der Waals surface area contributed by atoms with Crippen molar-refractivity contribution in [2.24, 2.45) is 0 Å². The molecule has 2 aromatic carbocycles. The summed E-state index contributed by atoms with van der Waals surface area (Å²) in [5, 5.41) is 4.43. The number of aryl methyl sites for hydroxylation is 2. The van der Waals surface area contributed by atoms with Gasteiger partial charge in [-0.1, -0.05) is 17.7 Å². The van der Waals surface area contributed by atoms with Gasteiger partial charge < -0.3 is 10.1 Å². The van der Waals surface area contributed by atoms with Gasteiger partial charge in [0.1, 0.15) is 12.4 Å². The highest BCUT2D eigenvalue weighted by molar-refractivity contribution is 7.12. The Kier molecular flexibility index (Phi) is 5.74. The van der Waals surface area contributed by atoms with Crippen LogP contribution in [0.3, 0.4) is 0 Å². The lowest BCUT2D eigenvalue weighted by Gasteiger charge is -2.09. The van der Waals surface area contributed by atoms with E-state index in [1.54, 1.807) is 6.07 Å². The van der Waals surface area contributed by atoms with Crippen molar-refractivity contribution >= 4 is 22.9 Å². The Balaban J connectivity index is 1.60. The molecule has 1 heterocycles. The summed E-state index contributed by atoms with van der Waals surface area (Å²) in [6, 6.07) is 12.0. The molecule has 3 nitrogen and oxygen atoms in total. The molecule has 0 aliphatic heterocycles. The highest BCUT2D eigenvalue weighted by Crippen LogP contribution is 2.30. The maximum atomic E-state index is 12.6. The molecule has 0 atom stereocenters. The number of nitrogens with one attached hydrogen (secondary N) is 1. The average Bonchev–Trinajstić information content (AvgIpc) is 3.10. The number of ether oxygens (including phenoxy) is 1. The number of carbonyl (C=O) groups is 1. The summed E-state index contributed by atoms with van der Waals surface area (Å²) in [5.74, 6) is 0.412. The second kappa shape index (κ2) is 8.06. The molecule has 0 saturated carbocycles. The number of carbonyl (C=O) groups excluding carboxylic acids is 1. The molecule has 1 amide bonds. The van der Waals surface area contributed by atoms with Gasteiger partial charge in [0.15, 0.2) is 0 Å². The number of rotatable bonds is 5. The van der Waals surface area contributed by atoms with Crippen LogP contribution >= 0.6 is 11.3 Å². The zero-order chi connectivity index (χ0) is 20.3. The summed E-state index contributed by atoms with van der Waals surface area (Å²) in [7, 11) is 0. The van der Waals surface area contributed by atoms with Crippen LogP contribution in [0.4, 0.5) is 18.9 Å². The van der Waals surface area contributed by atoms with Gasteiger partial charge in [0.25, 0.3) is 5.91 Å². The van der Waals surface area contributed by atoms with E-state index in [4.69, 9.17) is 4.74 Å². The fourth-order valence-electron chi connectivity index (χ4n) is 2.63. The molecule has 0 bridgehead atoms. The van der Waals surface area contributed by atoms with E-state index in [0.717, 1.165) is 34.6 Å². The Morgan fingerprint density at radius 3 is 2.43 bits per heavy atom. The lowest BCUT2D eigenvalue weighted by Crippen LogP contribution is -2.11. The van der Waals surface area contributed by atoms with Crippen molar-refractivity contribution in [3.63, 3.8) is 0 Å². The van der Waals surface area contributed by atoms with Crippen LogP contribution in [0.15, 0.2) is 53.9 Å². The maximum absolute atomic E-state index is 12.6. The van der Waals surface area contributed by atoms with Gasteiger partial charge in [-0.3, -0.25) is 4.79 Å². The Hall–Kier alpha value is -2.80. The van der Waals surface area contributed by atoms with Gasteiger partial charge in [-0.05, 0) is 61.2 Å². The van der Waals surface area contributed by atoms with Crippen LogP contribution in [0.2, 0.25) is 0 Å². The van der Waals surface area contributed by atoms with Gasteiger partial charge in [-0.25, -0.2) is 0 Å². The Bertz CT molecular complexity index is 978. The number of benzene rings is 2. The molecular weight excluding hydrogens is 387 g/mol. The Labute approximate surface area is 164 Å². The van der Waals surface area contributed by atoms with Crippen molar-refractivity contribution in [2.75, 3.05) is 5.32 Å². The molecule has 0 aliphatic rings. The summed E-state index contributed by atoms with van der Waals surface area (Å²) < 4.78 is 43.6. The van der Waals surface area contributed by atoms with E-state index in [1.807, 2.05) is 37.4 Å². The summed E-state index contributed by atoms with van der Waals surface area (Å²) in [6.45, 7) is 4.31. The molecule has 1 N–H and O–H groups in total. The molecule has 0 spiro atoms. The zero-order valence-electron chi connectivity index (χ0n) is 15.3. The van der Waals surface area contributed by atoms with E-state index >= 15 is 0 Å². The van der Waals surface area contributed by atoms with Gasteiger partial charge >= 0.3 is 6.18 Å². The second-order valence-electron chi connectivity index (χ2n) is 6.41. The van der Waals surface area contributed by atoms with E-state index in [9.17, 15) is 18.0 Å². The number of anilines is 1. The average molecular weight is 405 g/mol. The van der Waals surface area contributed by atoms with E-state index in [0.29, 0.717) is 17.2 Å². The highest BCUT2D eigenvalue weighted by atomic mass is 32.1. The third kappa shape index (κ3) is 4.92. The predicted molar refractivity (Wildman–Crippen MR) is 104 cm³/mol. The van der Waals surface area contributed by atoms with Crippen molar-refractivity contribution in [1.29, 1.82) is 0 Å². The van der Waals surface area contributed by atoms with Gasteiger partial charge in [-0.2, -0.15) is 13.2 Å². The second-order valence-corrected chi connectivity index (χ2v) is 7.32. The summed E-state index contributed by atoms with van der Waals surface area (Å²) in [5.41, 5.74) is 2.59. The van der Waals surface area contributed by atoms with E-state index in [1.165, 1.54) is 23.5 Å². The Morgan fingerprint density at radius 1 is 1.07 bits per heavy atom. The SMILES string of the molecule is Cc1ccc(OCc2csc(C(=O)Nc3ccc(C(F)(F)F)cc3)c2)c(C)c1. The number of hydrogen-bond donors (Lipinski definition) is 1. The number of hydrogen-bond acceptors (Lipinski definition) is 3. The van der Waals surface area contributed by atoms with Crippen LogP contribution in [0.1, 0.15) is 31.9 Å². The third-order valence-electron chi connectivity index (χ3n) is 4.07. The normalized spacial score (nSPS) is 11.3. The van der Waals surface area contributed by atoms with Crippen LogP contribution < -0.4 is 10.1 Å². The van der Waals surface area contributed by atoms with E-state index in [-0.39, 0.29) is 5.91 Å². The molecule has 1 aromatic heterocycles. The van der Waals surface area contributed by atoms with Crippen LogP contribution in [-0.4, -0.2) is 5.91 Å². The summed E-state index contributed by atoms with van der Waals surface area (Å²) >= 11 is 1.25. The minimum atomic E-state index is -4.40. The third-order valence-corrected chi connectivity index (χ3v) is 5.05. The van der Waals surface area contributed by atoms with Crippen molar-refractivity contribution in [2.45, 2.75) is 26.6 Å². The monoisotopic (exact) mass is 405 g/mol. The van der Waals surface area contributed by atoms with Gasteiger partial charge in [0, 0.05) is 11.3 Å². The number of alkyl halides is 3. The predicted octanol–water partition coefficient (Wildman–Crippen LogP) is 6.22. The van der Waals surface area contributed by atoms with Crippen LogP contribution in [-0.2, 0) is 12.8 Å². The van der Waals surface area contributed by atoms with Gasteiger partial charge in [-0.15, -0.1) is 11.3 Å². The molecule has 0 aliphatic carbocycles. The molecule has 0 saturated heterocycles. The summed E-state index contributed by atoms with van der Waals surface area (Å²) in [4.78, 5) is 12.8. The molecule has 146 valence electrons. The number of halogens is 3. The topological polar surface area (TPSA) is 38.3 Å². The lowest BCUT2D eigenvalue weighted by atomic mass is 10.1. The maximum Gasteiger partial charge on any atom is 0.416 e. The van der Waals surface area contributed by atoms with Gasteiger partial charge in [0.2, 0.25) is 0 Å². The smallest absolute Gasteiger partial charge is 0.416 e. The summed E-state index contributed by atoms with van der Waals surface area (Å²) in [6.07, 6.45) is -4.40. The number of amides is 1. The molecule has 7 heteroatoms. The molecule has 3 aromatic rings. The number of thiophene rings is 1. The first kappa shape index (κ1) is 19.9. The fraction of sp³-hybridized carbons (Fsp3) is 0.190. The molecule has 3 rings (SSSR count). The van der Waals surface area contributed by atoms with Crippen LogP contribution in [0.5, 0.6) is 5.75 Å². The quantitative estimate of drug-likeness (QED) is 0.548. The van der Waals surface area contributed by atoms with Crippen molar-refractivity contribution in [3.05, 3.63) is 81.0 Å². The molecular formula is C21H18F3NO2S.